The lowest BCUT2D eigenvalue weighted by Gasteiger charge is -2.23. The van der Waals surface area contributed by atoms with E-state index in [0.29, 0.717) is 23.0 Å². The molecular weight excluding hydrogens is 376 g/mol. The smallest absolute Gasteiger partial charge is 0.255 e. The van der Waals surface area contributed by atoms with Gasteiger partial charge in [0.1, 0.15) is 17.9 Å². The summed E-state index contributed by atoms with van der Waals surface area (Å²) in [5, 5.41) is 6.44. The highest BCUT2D eigenvalue weighted by Gasteiger charge is 2.14. The number of hydrogen-bond donors (Lipinski definition) is 2. The lowest BCUT2D eigenvalue weighted by molar-refractivity contribution is 0.102. The fourth-order valence-corrected chi connectivity index (χ4v) is 3.77. The van der Waals surface area contributed by atoms with Crippen LogP contribution >= 0.6 is 0 Å². The highest BCUT2D eigenvalue weighted by Crippen LogP contribution is 2.24. The predicted octanol–water partition coefficient (Wildman–Crippen LogP) is 5.15. The lowest BCUT2D eigenvalue weighted by Crippen LogP contribution is -2.22. The number of hydrogen-bond acceptors (Lipinski definition) is 5. The molecule has 6 nitrogen and oxygen atoms in total. The number of nitrogens with one attached hydrogen (secondary N) is 2. The average Bonchev–Trinajstić information content (AvgIpc) is 2.80. The van der Waals surface area contributed by atoms with Crippen molar-refractivity contribution in [3.8, 4) is 17.0 Å². The molecule has 1 aromatic heterocycles. The van der Waals surface area contributed by atoms with Crippen LogP contribution in [0.25, 0.3) is 11.3 Å². The van der Waals surface area contributed by atoms with Crippen LogP contribution in [0.5, 0.6) is 5.75 Å². The second-order valence-electron chi connectivity index (χ2n) is 7.53. The molecule has 1 heterocycles. The molecule has 1 amide bonds. The first-order valence-electron chi connectivity index (χ1n) is 10.4. The van der Waals surface area contributed by atoms with Crippen LogP contribution in [0, 0.1) is 0 Å². The van der Waals surface area contributed by atoms with E-state index in [0.717, 1.165) is 17.1 Å². The summed E-state index contributed by atoms with van der Waals surface area (Å²) in [6, 6.07) is 17.2. The molecule has 4 rings (SSSR count). The standard InChI is InChI=1S/C24H26N4O2/c1-30-21-12-6-11-20(14-21)28-24(29)18-8-5-7-17(13-18)22-15-23(26-16-25-22)27-19-9-3-2-4-10-19/h5-8,11-16,19H,2-4,9-10H2,1H3,(H,28,29)(H,25,26,27). The number of aromatic nitrogens is 2. The first-order valence-corrected chi connectivity index (χ1v) is 10.4. The molecule has 0 bridgehead atoms. The third kappa shape index (κ3) is 4.95. The van der Waals surface area contributed by atoms with Crippen LogP contribution in [0.1, 0.15) is 42.5 Å². The van der Waals surface area contributed by atoms with Crippen molar-refractivity contribution in [1.29, 1.82) is 0 Å². The second-order valence-corrected chi connectivity index (χ2v) is 7.53. The fraction of sp³-hybridized carbons (Fsp3) is 0.292. The molecule has 6 heteroatoms. The van der Waals surface area contributed by atoms with Crippen LogP contribution in [-0.4, -0.2) is 29.0 Å². The van der Waals surface area contributed by atoms with Crippen molar-refractivity contribution in [3.63, 3.8) is 0 Å². The minimum Gasteiger partial charge on any atom is -0.497 e. The molecule has 2 aromatic carbocycles. The quantitative estimate of drug-likeness (QED) is 0.596. The zero-order chi connectivity index (χ0) is 20.8. The van der Waals surface area contributed by atoms with E-state index in [2.05, 4.69) is 20.6 Å². The Labute approximate surface area is 176 Å². The molecule has 0 saturated heterocycles. The number of amides is 1. The van der Waals surface area contributed by atoms with Crippen molar-refractivity contribution in [2.75, 3.05) is 17.7 Å². The van der Waals surface area contributed by atoms with Crippen molar-refractivity contribution < 1.29 is 9.53 Å². The molecule has 1 fully saturated rings. The average molecular weight is 402 g/mol. The van der Waals surface area contributed by atoms with Crippen LogP contribution in [0.15, 0.2) is 60.9 Å². The molecule has 3 aromatic rings. The molecule has 30 heavy (non-hydrogen) atoms. The maximum Gasteiger partial charge on any atom is 0.255 e. The first kappa shape index (κ1) is 19.9. The predicted molar refractivity (Wildman–Crippen MR) is 119 cm³/mol. The fourth-order valence-electron chi connectivity index (χ4n) is 3.77. The van der Waals surface area contributed by atoms with Crippen LogP contribution < -0.4 is 15.4 Å². The summed E-state index contributed by atoms with van der Waals surface area (Å²) in [6.45, 7) is 0. The monoisotopic (exact) mass is 402 g/mol. The Hall–Kier alpha value is -3.41. The summed E-state index contributed by atoms with van der Waals surface area (Å²) in [7, 11) is 1.60. The van der Waals surface area contributed by atoms with Gasteiger partial charge in [-0.05, 0) is 37.1 Å². The number of nitrogens with zero attached hydrogens (tertiary/aromatic N) is 2. The van der Waals surface area contributed by atoms with Crippen LogP contribution in [0.3, 0.4) is 0 Å². The Morgan fingerprint density at radius 3 is 2.67 bits per heavy atom. The van der Waals surface area contributed by atoms with Gasteiger partial charge in [-0.1, -0.05) is 37.5 Å². The largest absolute Gasteiger partial charge is 0.497 e. The first-order chi connectivity index (χ1) is 14.7. The molecule has 1 saturated carbocycles. The molecule has 0 spiro atoms. The number of benzene rings is 2. The van der Waals surface area contributed by atoms with E-state index in [-0.39, 0.29) is 5.91 Å². The molecule has 154 valence electrons. The van der Waals surface area contributed by atoms with Crippen molar-refractivity contribution in [3.05, 3.63) is 66.5 Å². The Bertz CT molecular complexity index is 1020. The maximum atomic E-state index is 12.7. The Morgan fingerprint density at radius 2 is 1.83 bits per heavy atom. The van der Waals surface area contributed by atoms with Gasteiger partial charge in [0.05, 0.1) is 12.8 Å². The van der Waals surface area contributed by atoms with Crippen molar-refractivity contribution in [2.45, 2.75) is 38.1 Å². The third-order valence-electron chi connectivity index (χ3n) is 5.37. The molecule has 2 N–H and O–H groups in total. The highest BCUT2D eigenvalue weighted by molar-refractivity contribution is 6.05. The normalized spacial score (nSPS) is 14.2. The number of anilines is 2. The Balaban J connectivity index is 1.50. The minimum absolute atomic E-state index is 0.181. The van der Waals surface area contributed by atoms with E-state index in [9.17, 15) is 4.79 Å². The van der Waals surface area contributed by atoms with Gasteiger partial charge in [0.2, 0.25) is 0 Å². The van der Waals surface area contributed by atoms with Gasteiger partial charge in [-0.3, -0.25) is 4.79 Å². The van der Waals surface area contributed by atoms with Gasteiger partial charge in [-0.25, -0.2) is 9.97 Å². The van der Waals surface area contributed by atoms with Crippen LogP contribution in [0.4, 0.5) is 11.5 Å². The van der Waals surface area contributed by atoms with E-state index in [1.165, 1.54) is 32.1 Å². The molecule has 1 aliphatic carbocycles. The van der Waals surface area contributed by atoms with Gasteiger partial charge in [0.15, 0.2) is 0 Å². The minimum atomic E-state index is -0.181. The zero-order valence-corrected chi connectivity index (χ0v) is 17.1. The van der Waals surface area contributed by atoms with E-state index in [1.54, 1.807) is 25.6 Å². The topological polar surface area (TPSA) is 76.1 Å². The Morgan fingerprint density at radius 1 is 1.00 bits per heavy atom. The van der Waals surface area contributed by atoms with Crippen LogP contribution in [0.2, 0.25) is 0 Å². The molecule has 1 aliphatic rings. The lowest BCUT2D eigenvalue weighted by atomic mass is 9.95. The van der Waals surface area contributed by atoms with Gasteiger partial charge in [-0.15, -0.1) is 0 Å². The van der Waals surface area contributed by atoms with Crippen LogP contribution in [-0.2, 0) is 0 Å². The molecule has 0 atom stereocenters. The molecular formula is C24H26N4O2. The molecule has 0 aliphatic heterocycles. The number of methoxy groups -OCH3 is 1. The van der Waals surface area contributed by atoms with Crippen molar-refractivity contribution in [2.24, 2.45) is 0 Å². The van der Waals surface area contributed by atoms with E-state index < -0.39 is 0 Å². The van der Waals surface area contributed by atoms with E-state index in [1.807, 2.05) is 42.5 Å². The summed E-state index contributed by atoms with van der Waals surface area (Å²) >= 11 is 0. The van der Waals surface area contributed by atoms with Crippen molar-refractivity contribution >= 4 is 17.4 Å². The molecule has 0 radical (unpaired) electrons. The summed E-state index contributed by atoms with van der Waals surface area (Å²) < 4.78 is 5.21. The van der Waals surface area contributed by atoms with Crippen molar-refractivity contribution in [1.82, 2.24) is 9.97 Å². The van der Waals surface area contributed by atoms with Gasteiger partial charge in [-0.2, -0.15) is 0 Å². The zero-order valence-electron chi connectivity index (χ0n) is 17.1. The summed E-state index contributed by atoms with van der Waals surface area (Å²) in [5.41, 5.74) is 2.92. The van der Waals surface area contributed by atoms with E-state index >= 15 is 0 Å². The van der Waals surface area contributed by atoms with Gasteiger partial charge in [0, 0.05) is 35.0 Å². The summed E-state index contributed by atoms with van der Waals surface area (Å²) in [5.74, 6) is 1.35. The van der Waals surface area contributed by atoms with Gasteiger partial charge in [0.25, 0.3) is 5.91 Å². The number of carbonyl (C=O) groups is 1. The number of rotatable bonds is 6. The van der Waals surface area contributed by atoms with Gasteiger partial charge >= 0.3 is 0 Å². The Kier molecular flexibility index (Phi) is 6.23. The third-order valence-corrected chi connectivity index (χ3v) is 5.37. The summed E-state index contributed by atoms with van der Waals surface area (Å²) in [4.78, 5) is 21.5. The molecule has 0 unspecified atom stereocenters. The maximum absolute atomic E-state index is 12.7. The number of ether oxygens (including phenoxy) is 1. The van der Waals surface area contributed by atoms with E-state index in [4.69, 9.17) is 4.74 Å². The second kappa shape index (κ2) is 9.39. The SMILES string of the molecule is COc1cccc(NC(=O)c2cccc(-c3cc(NC4CCCCC4)ncn3)c2)c1. The highest BCUT2D eigenvalue weighted by atomic mass is 16.5. The van der Waals surface area contributed by atoms with Gasteiger partial charge < -0.3 is 15.4 Å². The summed E-state index contributed by atoms with van der Waals surface area (Å²) in [6.07, 6.45) is 7.78. The number of carbonyl (C=O) groups excluding carboxylic acids is 1.